The van der Waals surface area contributed by atoms with Crippen molar-refractivity contribution in [3.05, 3.63) is 17.5 Å². The maximum absolute atomic E-state index is 9.51. The zero-order chi connectivity index (χ0) is 14.4. The Bertz CT molecular complexity index is 506. The van der Waals surface area contributed by atoms with Crippen LogP contribution < -0.4 is 0 Å². The average Bonchev–Trinajstić information content (AvgIpc) is 3.16. The maximum atomic E-state index is 9.51. The number of nitrogens with zero attached hydrogens (tertiary/aromatic N) is 3. The second-order valence-corrected chi connectivity index (χ2v) is 7.32. The highest BCUT2D eigenvalue weighted by Gasteiger charge is 2.41. The SMILES string of the molecule is Cn1nc(C2CCCC2)cc1[C@H]1CN2CC[C@H]1C[C@@H]2CO. The van der Waals surface area contributed by atoms with Crippen molar-refractivity contribution in [2.45, 2.75) is 56.4 Å². The number of piperidine rings is 3. The molecule has 4 nitrogen and oxygen atoms in total. The Morgan fingerprint density at radius 1 is 1.29 bits per heavy atom. The molecule has 4 heterocycles. The number of aryl methyl sites for hydroxylation is 1. The molecule has 0 amide bonds. The monoisotopic (exact) mass is 289 g/mol. The molecule has 0 aromatic carbocycles. The summed E-state index contributed by atoms with van der Waals surface area (Å²) in [5.74, 6) is 2.06. The molecule has 0 radical (unpaired) electrons. The third-order valence-corrected chi connectivity index (χ3v) is 6.18. The molecule has 1 aromatic rings. The second-order valence-electron chi connectivity index (χ2n) is 7.32. The lowest BCUT2D eigenvalue weighted by Crippen LogP contribution is -2.53. The van der Waals surface area contributed by atoms with E-state index in [0.29, 0.717) is 24.5 Å². The van der Waals surface area contributed by atoms with Gasteiger partial charge in [0.25, 0.3) is 0 Å². The van der Waals surface area contributed by atoms with Crippen LogP contribution in [0.5, 0.6) is 0 Å². The molecule has 1 aromatic heterocycles. The second kappa shape index (κ2) is 5.40. The van der Waals surface area contributed by atoms with Gasteiger partial charge in [-0.2, -0.15) is 5.10 Å². The van der Waals surface area contributed by atoms with Crippen LogP contribution >= 0.6 is 0 Å². The van der Waals surface area contributed by atoms with Crippen LogP contribution in [0.3, 0.4) is 0 Å². The van der Waals surface area contributed by atoms with Gasteiger partial charge in [0.1, 0.15) is 0 Å². The summed E-state index contributed by atoms with van der Waals surface area (Å²) >= 11 is 0. The first-order valence-electron chi connectivity index (χ1n) is 8.65. The summed E-state index contributed by atoms with van der Waals surface area (Å²) in [5.41, 5.74) is 2.77. The van der Waals surface area contributed by atoms with Gasteiger partial charge in [-0.3, -0.25) is 9.58 Å². The lowest BCUT2D eigenvalue weighted by molar-refractivity contribution is 0.00104. The van der Waals surface area contributed by atoms with E-state index in [-0.39, 0.29) is 0 Å². The normalized spacial score (nSPS) is 36.5. The first-order chi connectivity index (χ1) is 10.3. The van der Waals surface area contributed by atoms with Gasteiger partial charge in [0.05, 0.1) is 12.3 Å². The Labute approximate surface area is 127 Å². The molecule has 21 heavy (non-hydrogen) atoms. The van der Waals surface area contributed by atoms with Gasteiger partial charge in [0.15, 0.2) is 0 Å². The van der Waals surface area contributed by atoms with Crippen molar-refractivity contribution in [2.24, 2.45) is 13.0 Å². The molecule has 5 rings (SSSR count). The van der Waals surface area contributed by atoms with Gasteiger partial charge in [-0.05, 0) is 44.2 Å². The van der Waals surface area contributed by atoms with Gasteiger partial charge in [-0.15, -0.1) is 0 Å². The van der Waals surface area contributed by atoms with Gasteiger partial charge in [0, 0.05) is 37.2 Å². The largest absolute Gasteiger partial charge is 0.395 e. The first kappa shape index (κ1) is 13.8. The summed E-state index contributed by atoms with van der Waals surface area (Å²) in [4.78, 5) is 2.49. The van der Waals surface area contributed by atoms with Crippen LogP contribution in [0, 0.1) is 5.92 Å². The van der Waals surface area contributed by atoms with Crippen LogP contribution in [0.1, 0.15) is 61.7 Å². The molecular weight excluding hydrogens is 262 g/mol. The van der Waals surface area contributed by atoms with E-state index in [1.165, 1.54) is 50.0 Å². The van der Waals surface area contributed by atoms with E-state index in [0.717, 1.165) is 18.9 Å². The Hall–Kier alpha value is -0.870. The molecule has 2 bridgehead atoms. The molecule has 3 aliphatic heterocycles. The highest BCUT2D eigenvalue weighted by molar-refractivity contribution is 5.22. The van der Waals surface area contributed by atoms with E-state index < -0.39 is 0 Å². The van der Waals surface area contributed by atoms with Crippen molar-refractivity contribution < 1.29 is 5.11 Å². The van der Waals surface area contributed by atoms with E-state index in [2.05, 4.69) is 22.7 Å². The van der Waals surface area contributed by atoms with Crippen LogP contribution in [-0.2, 0) is 7.05 Å². The van der Waals surface area contributed by atoms with Crippen LogP contribution in [0.25, 0.3) is 0 Å². The van der Waals surface area contributed by atoms with Crippen molar-refractivity contribution in [1.29, 1.82) is 0 Å². The van der Waals surface area contributed by atoms with E-state index in [1.807, 2.05) is 0 Å². The van der Waals surface area contributed by atoms with E-state index in [9.17, 15) is 5.11 Å². The highest BCUT2D eigenvalue weighted by atomic mass is 16.3. The van der Waals surface area contributed by atoms with E-state index in [1.54, 1.807) is 0 Å². The fourth-order valence-electron chi connectivity index (χ4n) is 4.94. The lowest BCUT2D eigenvalue weighted by Gasteiger charge is -2.49. The number of hydrogen-bond acceptors (Lipinski definition) is 3. The van der Waals surface area contributed by atoms with Crippen molar-refractivity contribution in [3.8, 4) is 0 Å². The average molecular weight is 289 g/mol. The molecule has 4 heteroatoms. The number of rotatable bonds is 3. The molecule has 0 spiro atoms. The molecule has 116 valence electrons. The number of hydrogen-bond donors (Lipinski definition) is 1. The van der Waals surface area contributed by atoms with Gasteiger partial charge < -0.3 is 5.11 Å². The molecule has 1 unspecified atom stereocenters. The van der Waals surface area contributed by atoms with Gasteiger partial charge >= 0.3 is 0 Å². The standard InChI is InChI=1S/C17H27N3O/c1-19-17(9-16(18-19)12-4-2-3-5-12)15-10-20-7-6-13(15)8-14(20)11-21/h9,12-15,21H,2-8,10-11H2,1H3/t13-,14+,15-/m0/s1. The lowest BCUT2D eigenvalue weighted by atomic mass is 9.74. The summed E-state index contributed by atoms with van der Waals surface area (Å²) in [6.45, 7) is 2.60. The third-order valence-electron chi connectivity index (χ3n) is 6.18. The molecule has 4 atom stereocenters. The minimum atomic E-state index is 0.321. The Kier molecular flexibility index (Phi) is 3.54. The fraction of sp³-hybridized carbons (Fsp3) is 0.824. The topological polar surface area (TPSA) is 41.3 Å². The van der Waals surface area contributed by atoms with Crippen LogP contribution in [0.2, 0.25) is 0 Å². The first-order valence-corrected chi connectivity index (χ1v) is 8.65. The number of aliphatic hydroxyl groups excluding tert-OH is 1. The van der Waals surface area contributed by atoms with Crippen LogP contribution in [0.15, 0.2) is 6.07 Å². The molecular formula is C17H27N3O. The Balaban J connectivity index is 1.57. The minimum absolute atomic E-state index is 0.321. The number of fused-ring (bicyclic) bond motifs is 3. The molecule has 1 aliphatic carbocycles. The fourth-order valence-corrected chi connectivity index (χ4v) is 4.94. The predicted molar refractivity (Wildman–Crippen MR) is 82.3 cm³/mol. The molecule has 3 saturated heterocycles. The molecule has 4 fully saturated rings. The van der Waals surface area contributed by atoms with Crippen molar-refractivity contribution >= 4 is 0 Å². The summed E-state index contributed by atoms with van der Waals surface area (Å²) in [5, 5.41) is 14.4. The summed E-state index contributed by atoms with van der Waals surface area (Å²) in [6, 6.07) is 2.80. The summed E-state index contributed by atoms with van der Waals surface area (Å²) in [6.07, 6.45) is 7.83. The van der Waals surface area contributed by atoms with Crippen LogP contribution in [0.4, 0.5) is 0 Å². The molecule has 1 N–H and O–H groups in total. The Morgan fingerprint density at radius 2 is 2.10 bits per heavy atom. The minimum Gasteiger partial charge on any atom is -0.395 e. The van der Waals surface area contributed by atoms with Crippen LogP contribution in [-0.4, -0.2) is 45.5 Å². The van der Waals surface area contributed by atoms with Gasteiger partial charge in [-0.1, -0.05) is 12.8 Å². The highest BCUT2D eigenvalue weighted by Crippen LogP contribution is 2.43. The zero-order valence-corrected chi connectivity index (χ0v) is 13.0. The smallest absolute Gasteiger partial charge is 0.0658 e. The molecule has 4 aliphatic rings. The zero-order valence-electron chi connectivity index (χ0n) is 13.0. The van der Waals surface area contributed by atoms with Crippen molar-refractivity contribution in [1.82, 2.24) is 14.7 Å². The van der Waals surface area contributed by atoms with Gasteiger partial charge in [-0.25, -0.2) is 0 Å². The predicted octanol–water partition coefficient (Wildman–Crippen LogP) is 2.25. The maximum Gasteiger partial charge on any atom is 0.0658 e. The van der Waals surface area contributed by atoms with E-state index >= 15 is 0 Å². The van der Waals surface area contributed by atoms with E-state index in [4.69, 9.17) is 5.10 Å². The summed E-state index contributed by atoms with van der Waals surface area (Å²) in [7, 11) is 2.12. The number of aromatic nitrogens is 2. The quantitative estimate of drug-likeness (QED) is 0.928. The van der Waals surface area contributed by atoms with Crippen molar-refractivity contribution in [3.63, 3.8) is 0 Å². The Morgan fingerprint density at radius 3 is 2.76 bits per heavy atom. The van der Waals surface area contributed by atoms with Crippen molar-refractivity contribution in [2.75, 3.05) is 19.7 Å². The third kappa shape index (κ3) is 2.33. The van der Waals surface area contributed by atoms with Gasteiger partial charge in [0.2, 0.25) is 0 Å². The molecule has 1 saturated carbocycles. The summed E-state index contributed by atoms with van der Waals surface area (Å²) < 4.78 is 2.15. The number of aliphatic hydroxyl groups is 1.